The normalized spacial score (nSPS) is 21.2. The van der Waals surface area contributed by atoms with Crippen molar-refractivity contribution < 1.29 is 19.1 Å². The highest BCUT2D eigenvalue weighted by molar-refractivity contribution is 5.89. The maximum Gasteiger partial charge on any atom is 0.333 e. The Morgan fingerprint density at radius 3 is 2.28 bits per heavy atom. The van der Waals surface area contributed by atoms with Gasteiger partial charge in [0.05, 0.1) is 24.9 Å². The smallest absolute Gasteiger partial charge is 0.333 e. The third kappa shape index (κ3) is 8.33. The standard InChI is InChI=1S/C22H36N2O4.ClH/c1-7-12-24(13-8-2)19-14-17(22(26)27-11-5)15-20(21(19)23-16(6)25)28-18(9-3)10-4;/h7-8,15,18-21H,1-2,9-14H2,3-6H3,(H,23,25);1H/t19-,20+,21+;/m0./s1. The van der Waals surface area contributed by atoms with Crippen LogP contribution in [0.3, 0.4) is 0 Å². The Hall–Kier alpha value is -1.63. The summed E-state index contributed by atoms with van der Waals surface area (Å²) in [6.07, 6.45) is 7.27. The minimum atomic E-state index is -0.413. The Morgan fingerprint density at radius 1 is 1.24 bits per heavy atom. The van der Waals surface area contributed by atoms with Crippen molar-refractivity contribution in [1.29, 1.82) is 0 Å². The van der Waals surface area contributed by atoms with Crippen molar-refractivity contribution in [3.63, 3.8) is 0 Å². The molecule has 0 unspecified atom stereocenters. The zero-order valence-electron chi connectivity index (χ0n) is 18.2. The third-order valence-electron chi connectivity index (χ3n) is 4.93. The lowest BCUT2D eigenvalue weighted by Gasteiger charge is -2.43. The van der Waals surface area contributed by atoms with Crippen LogP contribution < -0.4 is 5.32 Å². The number of nitrogens with one attached hydrogen (secondary N) is 1. The molecule has 0 saturated heterocycles. The lowest BCUT2D eigenvalue weighted by molar-refractivity contribution is -0.139. The highest BCUT2D eigenvalue weighted by Gasteiger charge is 2.40. The van der Waals surface area contributed by atoms with E-state index in [0.717, 1.165) is 12.8 Å². The molecule has 0 aromatic rings. The molecule has 1 rings (SSSR count). The van der Waals surface area contributed by atoms with E-state index in [9.17, 15) is 9.59 Å². The molecule has 0 aromatic heterocycles. The van der Waals surface area contributed by atoms with E-state index in [0.29, 0.717) is 31.7 Å². The van der Waals surface area contributed by atoms with Crippen LogP contribution in [0.25, 0.3) is 0 Å². The highest BCUT2D eigenvalue weighted by atomic mass is 35.5. The molecule has 0 bridgehead atoms. The summed E-state index contributed by atoms with van der Waals surface area (Å²) in [7, 11) is 0. The van der Waals surface area contributed by atoms with E-state index in [1.807, 2.05) is 18.2 Å². The SMILES string of the molecule is C=CCN(CC=C)[C@H]1CC(C(=O)OCC)=C[C@@H](OC(CC)CC)[C@@H]1NC(C)=O.Cl. The fraction of sp³-hybridized carbons (Fsp3) is 0.636. The van der Waals surface area contributed by atoms with E-state index in [4.69, 9.17) is 9.47 Å². The van der Waals surface area contributed by atoms with Gasteiger partial charge in [-0.2, -0.15) is 0 Å². The fourth-order valence-corrected chi connectivity index (χ4v) is 3.59. The first-order valence-electron chi connectivity index (χ1n) is 10.2. The number of rotatable bonds is 12. The summed E-state index contributed by atoms with van der Waals surface area (Å²) in [5, 5.41) is 3.05. The van der Waals surface area contributed by atoms with E-state index < -0.39 is 6.10 Å². The molecule has 0 aromatic carbocycles. The third-order valence-corrected chi connectivity index (χ3v) is 4.93. The highest BCUT2D eigenvalue weighted by Crippen LogP contribution is 2.28. The van der Waals surface area contributed by atoms with E-state index in [1.54, 1.807) is 6.92 Å². The maximum atomic E-state index is 12.5. The van der Waals surface area contributed by atoms with E-state index >= 15 is 0 Å². The minimum Gasteiger partial charge on any atom is -0.463 e. The second kappa shape index (κ2) is 14.4. The zero-order chi connectivity index (χ0) is 21.1. The van der Waals surface area contributed by atoms with Crippen LogP contribution in [-0.2, 0) is 19.1 Å². The average Bonchev–Trinajstić information content (AvgIpc) is 2.66. The molecule has 0 fully saturated rings. The second-order valence-corrected chi connectivity index (χ2v) is 6.98. The van der Waals surface area contributed by atoms with Gasteiger partial charge in [-0.1, -0.05) is 26.0 Å². The number of carbonyl (C=O) groups is 2. The van der Waals surface area contributed by atoms with Crippen LogP contribution >= 0.6 is 12.4 Å². The molecule has 0 radical (unpaired) electrons. The Balaban J connectivity index is 0.00000784. The van der Waals surface area contributed by atoms with E-state index in [1.165, 1.54) is 6.92 Å². The van der Waals surface area contributed by atoms with Crippen LogP contribution in [0, 0.1) is 0 Å². The van der Waals surface area contributed by atoms with Crippen LogP contribution in [0.5, 0.6) is 0 Å². The van der Waals surface area contributed by atoms with Crippen molar-refractivity contribution in [3.8, 4) is 0 Å². The van der Waals surface area contributed by atoms with Gasteiger partial charge in [0.25, 0.3) is 0 Å². The number of amides is 1. The number of hydrogen-bond acceptors (Lipinski definition) is 5. The van der Waals surface area contributed by atoms with Crippen molar-refractivity contribution in [2.24, 2.45) is 0 Å². The molecule has 1 aliphatic carbocycles. The van der Waals surface area contributed by atoms with Crippen LogP contribution in [0.2, 0.25) is 0 Å². The first kappa shape index (κ1) is 27.4. The molecule has 166 valence electrons. The molecule has 1 N–H and O–H groups in total. The van der Waals surface area contributed by atoms with Gasteiger partial charge in [-0.05, 0) is 32.3 Å². The van der Waals surface area contributed by atoms with Crippen molar-refractivity contribution in [3.05, 3.63) is 37.0 Å². The summed E-state index contributed by atoms with van der Waals surface area (Å²) in [4.78, 5) is 26.6. The number of hydrogen-bond donors (Lipinski definition) is 1. The number of esters is 1. The minimum absolute atomic E-state index is 0. The van der Waals surface area contributed by atoms with Gasteiger partial charge in [0.15, 0.2) is 0 Å². The van der Waals surface area contributed by atoms with Crippen molar-refractivity contribution >= 4 is 24.3 Å². The summed E-state index contributed by atoms with van der Waals surface area (Å²) in [5.74, 6) is -0.456. The van der Waals surface area contributed by atoms with Gasteiger partial charge in [-0.25, -0.2) is 4.79 Å². The summed E-state index contributed by atoms with van der Waals surface area (Å²) in [6.45, 7) is 16.7. The summed E-state index contributed by atoms with van der Waals surface area (Å²) >= 11 is 0. The van der Waals surface area contributed by atoms with E-state index in [2.05, 4.69) is 37.2 Å². The largest absolute Gasteiger partial charge is 0.463 e. The molecule has 3 atom stereocenters. The van der Waals surface area contributed by atoms with Gasteiger partial charge in [0, 0.05) is 31.6 Å². The Bertz CT molecular complexity index is 565. The monoisotopic (exact) mass is 428 g/mol. The van der Waals surface area contributed by atoms with Gasteiger partial charge in [-0.15, -0.1) is 25.6 Å². The molecular formula is C22H37ClN2O4. The number of carbonyl (C=O) groups excluding carboxylic acids is 2. The molecule has 6 nitrogen and oxygen atoms in total. The average molecular weight is 429 g/mol. The maximum absolute atomic E-state index is 12.5. The predicted octanol–water partition coefficient (Wildman–Crippen LogP) is 3.42. The second-order valence-electron chi connectivity index (χ2n) is 6.98. The molecule has 0 saturated carbocycles. The summed E-state index contributed by atoms with van der Waals surface area (Å²) in [5.41, 5.74) is 0.586. The van der Waals surface area contributed by atoms with Crippen molar-refractivity contribution in [2.75, 3.05) is 19.7 Å². The Kier molecular flexibility index (Phi) is 13.6. The quantitative estimate of drug-likeness (QED) is 0.381. The summed E-state index contributed by atoms with van der Waals surface area (Å²) in [6, 6.07) is -0.417. The number of nitrogens with zero attached hydrogens (tertiary/aromatic N) is 1. The molecule has 1 amide bonds. The molecule has 7 heteroatoms. The Labute approximate surface area is 181 Å². The zero-order valence-corrected chi connectivity index (χ0v) is 19.0. The number of ether oxygens (including phenoxy) is 2. The molecule has 1 aliphatic rings. The molecule has 0 aliphatic heterocycles. The van der Waals surface area contributed by atoms with Crippen LogP contribution in [-0.4, -0.2) is 60.8 Å². The summed E-state index contributed by atoms with van der Waals surface area (Å²) < 4.78 is 11.6. The van der Waals surface area contributed by atoms with Crippen LogP contribution in [0.1, 0.15) is 47.0 Å². The number of halogens is 1. The van der Waals surface area contributed by atoms with E-state index in [-0.39, 0.29) is 42.5 Å². The fourth-order valence-electron chi connectivity index (χ4n) is 3.59. The van der Waals surface area contributed by atoms with Gasteiger partial charge in [0.1, 0.15) is 0 Å². The lowest BCUT2D eigenvalue weighted by atomic mass is 9.86. The van der Waals surface area contributed by atoms with Gasteiger partial charge in [0.2, 0.25) is 5.91 Å². The molecule has 0 heterocycles. The van der Waals surface area contributed by atoms with Gasteiger partial charge < -0.3 is 14.8 Å². The topological polar surface area (TPSA) is 67.9 Å². The molecule has 0 spiro atoms. The van der Waals surface area contributed by atoms with Gasteiger partial charge >= 0.3 is 5.97 Å². The first-order chi connectivity index (χ1) is 13.4. The first-order valence-corrected chi connectivity index (χ1v) is 10.2. The molecular weight excluding hydrogens is 392 g/mol. The van der Waals surface area contributed by atoms with Crippen molar-refractivity contribution in [1.82, 2.24) is 10.2 Å². The van der Waals surface area contributed by atoms with Crippen LogP contribution in [0.15, 0.2) is 37.0 Å². The Morgan fingerprint density at radius 2 is 1.83 bits per heavy atom. The van der Waals surface area contributed by atoms with Crippen LogP contribution in [0.4, 0.5) is 0 Å². The molecule has 29 heavy (non-hydrogen) atoms. The van der Waals surface area contributed by atoms with Crippen molar-refractivity contribution in [2.45, 2.75) is 71.2 Å². The van der Waals surface area contributed by atoms with Gasteiger partial charge in [-0.3, -0.25) is 9.69 Å². The predicted molar refractivity (Wildman–Crippen MR) is 119 cm³/mol. The lowest BCUT2D eigenvalue weighted by Crippen LogP contribution is -2.59.